The van der Waals surface area contributed by atoms with Crippen LogP contribution in [0, 0.1) is 10.1 Å². The third kappa shape index (κ3) is 3.73. The third-order valence-electron chi connectivity index (χ3n) is 2.07. The lowest BCUT2D eigenvalue weighted by Crippen LogP contribution is -2.21. The van der Waals surface area contributed by atoms with Crippen molar-refractivity contribution in [2.24, 2.45) is 0 Å². The van der Waals surface area contributed by atoms with E-state index in [-0.39, 0.29) is 6.20 Å². The lowest BCUT2D eigenvalue weighted by Gasteiger charge is -2.13. The average molecular weight is 316 g/mol. The fourth-order valence-electron chi connectivity index (χ4n) is 1.37. The number of ether oxygens (including phenoxy) is 2. The molecule has 1 heterocycles. The second-order valence-electron chi connectivity index (χ2n) is 3.33. The van der Waals surface area contributed by atoms with Gasteiger partial charge in [0.05, 0.1) is 7.11 Å². The van der Waals surface area contributed by atoms with Crippen LogP contribution in [0.3, 0.4) is 0 Å². The van der Waals surface area contributed by atoms with Crippen LogP contribution in [-0.2, 0) is 4.74 Å². The summed E-state index contributed by atoms with van der Waals surface area (Å²) in [5, 5.41) is 10.6. The lowest BCUT2D eigenvalue weighted by atomic mass is 10.1. The van der Waals surface area contributed by atoms with Crippen LogP contribution in [0.15, 0.2) is 6.20 Å². The number of halogens is 5. The van der Waals surface area contributed by atoms with Gasteiger partial charge < -0.3 is 19.6 Å². The summed E-state index contributed by atoms with van der Waals surface area (Å²) < 4.78 is 69.6. The van der Waals surface area contributed by atoms with Crippen molar-refractivity contribution in [1.29, 1.82) is 0 Å². The first-order valence-corrected chi connectivity index (χ1v) is 4.88. The summed E-state index contributed by atoms with van der Waals surface area (Å²) in [6, 6.07) is 0. The minimum atomic E-state index is -5.32. The van der Waals surface area contributed by atoms with Gasteiger partial charge in [0.2, 0.25) is 0 Å². The van der Waals surface area contributed by atoms with Crippen molar-refractivity contribution in [1.82, 2.24) is 4.98 Å². The van der Waals surface area contributed by atoms with Gasteiger partial charge in [-0.3, -0.25) is 0 Å². The van der Waals surface area contributed by atoms with Gasteiger partial charge in [-0.05, 0) is 9.91 Å². The van der Waals surface area contributed by atoms with Gasteiger partial charge in [0.1, 0.15) is 11.1 Å². The second-order valence-corrected chi connectivity index (χ2v) is 3.33. The SMILES string of the molecule is COC(=O)c1c(OC(F)(F)F)cnc([N+](=O)[O-])c1C(F)F. The van der Waals surface area contributed by atoms with Gasteiger partial charge in [-0.25, -0.2) is 13.6 Å². The molecule has 0 N–H and O–H groups in total. The van der Waals surface area contributed by atoms with E-state index in [2.05, 4.69) is 14.5 Å². The van der Waals surface area contributed by atoms with E-state index in [0.717, 1.165) is 0 Å². The highest BCUT2D eigenvalue weighted by Crippen LogP contribution is 2.37. The van der Waals surface area contributed by atoms with Crippen LogP contribution < -0.4 is 4.74 Å². The van der Waals surface area contributed by atoms with Crippen molar-refractivity contribution in [2.75, 3.05) is 7.11 Å². The third-order valence-corrected chi connectivity index (χ3v) is 2.07. The number of nitro groups is 1. The maximum Gasteiger partial charge on any atom is 0.573 e. The first kappa shape index (κ1) is 16.5. The number of pyridine rings is 1. The standard InChI is InChI=1S/C9H5F5N2O5/c1-20-8(17)4-3(21-9(12,13)14)2-15-7(16(18)19)5(4)6(10)11/h2,6H,1H3. The topological polar surface area (TPSA) is 91.6 Å². The Hall–Kier alpha value is -2.53. The molecule has 0 atom stereocenters. The monoisotopic (exact) mass is 316 g/mol. The Morgan fingerprint density at radius 1 is 1.43 bits per heavy atom. The summed E-state index contributed by atoms with van der Waals surface area (Å²) in [6.45, 7) is 0. The van der Waals surface area contributed by atoms with Crippen LogP contribution in [0.5, 0.6) is 5.75 Å². The van der Waals surface area contributed by atoms with Crippen LogP contribution in [0.1, 0.15) is 22.3 Å². The van der Waals surface area contributed by atoms with Crippen molar-refractivity contribution in [3.63, 3.8) is 0 Å². The van der Waals surface area contributed by atoms with Crippen molar-refractivity contribution in [2.45, 2.75) is 12.8 Å². The highest BCUT2D eigenvalue weighted by molar-refractivity contribution is 5.95. The van der Waals surface area contributed by atoms with Gasteiger partial charge in [0.25, 0.3) is 6.43 Å². The predicted molar refractivity (Wildman–Crippen MR) is 53.9 cm³/mol. The number of nitrogens with zero attached hydrogens (tertiary/aromatic N) is 2. The smallest absolute Gasteiger partial charge is 0.465 e. The molecule has 0 aliphatic rings. The zero-order valence-corrected chi connectivity index (χ0v) is 9.98. The molecule has 0 aliphatic carbocycles. The average Bonchev–Trinajstić information content (AvgIpc) is 2.34. The van der Waals surface area contributed by atoms with E-state index in [4.69, 9.17) is 0 Å². The number of hydrogen-bond donors (Lipinski definition) is 0. The molecule has 0 radical (unpaired) electrons. The summed E-state index contributed by atoms with van der Waals surface area (Å²) in [7, 11) is 0.696. The quantitative estimate of drug-likeness (QED) is 0.367. The van der Waals surface area contributed by atoms with E-state index >= 15 is 0 Å². The van der Waals surface area contributed by atoms with Crippen LogP contribution in [-0.4, -0.2) is 29.3 Å². The Kier molecular flexibility index (Phi) is 4.60. The molecular formula is C9H5F5N2O5. The Morgan fingerprint density at radius 2 is 2.00 bits per heavy atom. The van der Waals surface area contributed by atoms with E-state index < -0.39 is 46.4 Å². The maximum absolute atomic E-state index is 12.9. The van der Waals surface area contributed by atoms with Gasteiger partial charge in [-0.15, -0.1) is 13.2 Å². The van der Waals surface area contributed by atoms with E-state index in [1.165, 1.54) is 0 Å². The Bertz CT molecular complexity index is 574. The summed E-state index contributed by atoms with van der Waals surface area (Å²) in [4.78, 5) is 23.4. The minimum absolute atomic E-state index is 0.143. The minimum Gasteiger partial charge on any atom is -0.465 e. The maximum atomic E-state index is 12.9. The van der Waals surface area contributed by atoms with Gasteiger partial charge in [0, 0.05) is 0 Å². The number of alkyl halides is 5. The molecule has 1 rings (SSSR count). The molecular weight excluding hydrogens is 311 g/mol. The molecule has 0 amide bonds. The first-order chi connectivity index (χ1) is 9.58. The predicted octanol–water partition coefficient (Wildman–Crippen LogP) is 2.61. The van der Waals surface area contributed by atoms with E-state index in [9.17, 15) is 36.9 Å². The molecule has 7 nitrogen and oxygen atoms in total. The Morgan fingerprint density at radius 3 is 2.38 bits per heavy atom. The molecule has 116 valence electrons. The van der Waals surface area contributed by atoms with Crippen molar-refractivity contribution in [3.05, 3.63) is 27.4 Å². The van der Waals surface area contributed by atoms with E-state index in [0.29, 0.717) is 7.11 Å². The Balaban J connectivity index is 3.64. The molecule has 0 aromatic carbocycles. The number of aromatic nitrogens is 1. The number of hydrogen-bond acceptors (Lipinski definition) is 6. The molecule has 0 spiro atoms. The Labute approximate surface area is 112 Å². The van der Waals surface area contributed by atoms with Gasteiger partial charge in [0.15, 0.2) is 11.9 Å². The lowest BCUT2D eigenvalue weighted by molar-refractivity contribution is -0.391. The van der Waals surface area contributed by atoms with Crippen molar-refractivity contribution >= 4 is 11.8 Å². The molecule has 0 saturated carbocycles. The fraction of sp³-hybridized carbons (Fsp3) is 0.333. The van der Waals surface area contributed by atoms with Crippen LogP contribution in [0.4, 0.5) is 27.8 Å². The molecule has 0 unspecified atom stereocenters. The zero-order valence-electron chi connectivity index (χ0n) is 9.98. The number of methoxy groups -OCH3 is 1. The van der Waals surface area contributed by atoms with Gasteiger partial charge in [-0.2, -0.15) is 0 Å². The van der Waals surface area contributed by atoms with Crippen molar-refractivity contribution in [3.8, 4) is 5.75 Å². The summed E-state index contributed by atoms with van der Waals surface area (Å²) >= 11 is 0. The molecule has 21 heavy (non-hydrogen) atoms. The van der Waals surface area contributed by atoms with Gasteiger partial charge >= 0.3 is 18.1 Å². The van der Waals surface area contributed by atoms with Crippen LogP contribution in [0.25, 0.3) is 0 Å². The highest BCUT2D eigenvalue weighted by Gasteiger charge is 2.39. The first-order valence-electron chi connectivity index (χ1n) is 4.88. The van der Waals surface area contributed by atoms with Crippen LogP contribution >= 0.6 is 0 Å². The zero-order chi connectivity index (χ0) is 16.4. The molecule has 0 saturated heterocycles. The van der Waals surface area contributed by atoms with Crippen molar-refractivity contribution < 1.29 is 41.1 Å². The van der Waals surface area contributed by atoms with E-state index in [1.54, 1.807) is 0 Å². The molecule has 0 aliphatic heterocycles. The molecule has 12 heteroatoms. The van der Waals surface area contributed by atoms with E-state index in [1.807, 2.05) is 0 Å². The summed E-state index contributed by atoms with van der Waals surface area (Å²) in [6.07, 6.45) is -8.83. The van der Waals surface area contributed by atoms with Crippen LogP contribution in [0.2, 0.25) is 0 Å². The molecule has 1 aromatic rings. The number of carbonyl (C=O) groups is 1. The largest absolute Gasteiger partial charge is 0.573 e. The summed E-state index contributed by atoms with van der Waals surface area (Å²) in [5.74, 6) is -4.55. The fourth-order valence-corrected chi connectivity index (χ4v) is 1.37. The normalized spacial score (nSPS) is 11.4. The second kappa shape index (κ2) is 5.85. The molecule has 0 fully saturated rings. The molecule has 1 aromatic heterocycles. The number of carbonyl (C=O) groups excluding carboxylic acids is 1. The van der Waals surface area contributed by atoms with Gasteiger partial charge in [-0.1, -0.05) is 0 Å². The highest BCUT2D eigenvalue weighted by atomic mass is 19.4. The summed E-state index contributed by atoms with van der Waals surface area (Å²) in [5.41, 5.74) is -3.03. The number of rotatable bonds is 4. The molecule has 0 bridgehead atoms. The number of esters is 1.